The van der Waals surface area contributed by atoms with Crippen LogP contribution in [0.15, 0.2) is 0 Å². The third kappa shape index (κ3) is 3.18. The Balaban J connectivity index is 1.68. The van der Waals surface area contributed by atoms with Crippen LogP contribution < -0.4 is 5.32 Å². The molecule has 0 aliphatic heterocycles. The van der Waals surface area contributed by atoms with Gasteiger partial charge in [0.05, 0.1) is 6.10 Å². The molecule has 1 N–H and O–H groups in total. The van der Waals surface area contributed by atoms with Gasteiger partial charge in [0.1, 0.15) is 0 Å². The lowest BCUT2D eigenvalue weighted by Gasteiger charge is -2.22. The van der Waals surface area contributed by atoms with Gasteiger partial charge < -0.3 is 10.1 Å². The standard InChI is InChI=1S/C13H25NO/c1-2-14-12-8-5-9-13(12)15-10-11-6-3-4-7-11/h11-14H,2-10H2,1H3. The normalized spacial score (nSPS) is 32.6. The molecule has 0 spiro atoms. The Kier molecular flexibility index (Phi) is 4.45. The van der Waals surface area contributed by atoms with E-state index in [1.807, 2.05) is 0 Å². The van der Waals surface area contributed by atoms with Gasteiger partial charge >= 0.3 is 0 Å². The molecule has 2 aliphatic carbocycles. The van der Waals surface area contributed by atoms with Gasteiger partial charge in [0.25, 0.3) is 0 Å². The van der Waals surface area contributed by atoms with Crippen LogP contribution in [0.1, 0.15) is 51.9 Å². The lowest BCUT2D eigenvalue weighted by molar-refractivity contribution is 0.0193. The molecule has 0 aromatic heterocycles. The van der Waals surface area contributed by atoms with Crippen LogP contribution in [0.3, 0.4) is 0 Å². The van der Waals surface area contributed by atoms with Crippen LogP contribution in [0.4, 0.5) is 0 Å². The third-order valence-electron chi connectivity index (χ3n) is 3.94. The molecule has 0 heterocycles. The fourth-order valence-corrected chi connectivity index (χ4v) is 3.06. The zero-order valence-corrected chi connectivity index (χ0v) is 10.0. The summed E-state index contributed by atoms with van der Waals surface area (Å²) in [6, 6.07) is 0.636. The quantitative estimate of drug-likeness (QED) is 0.755. The van der Waals surface area contributed by atoms with Crippen LogP contribution in [-0.4, -0.2) is 25.3 Å². The molecule has 2 aliphatic rings. The van der Waals surface area contributed by atoms with Crippen molar-refractivity contribution in [1.29, 1.82) is 0 Å². The van der Waals surface area contributed by atoms with Crippen molar-refractivity contribution in [1.82, 2.24) is 5.32 Å². The number of nitrogens with one attached hydrogen (secondary N) is 1. The first-order valence-corrected chi connectivity index (χ1v) is 6.75. The molecule has 15 heavy (non-hydrogen) atoms. The van der Waals surface area contributed by atoms with Crippen molar-refractivity contribution >= 4 is 0 Å². The Morgan fingerprint density at radius 2 is 1.87 bits per heavy atom. The van der Waals surface area contributed by atoms with E-state index in [-0.39, 0.29) is 0 Å². The molecular weight excluding hydrogens is 186 g/mol. The van der Waals surface area contributed by atoms with Crippen molar-refractivity contribution in [2.75, 3.05) is 13.2 Å². The first-order valence-electron chi connectivity index (χ1n) is 6.75. The number of hydrogen-bond donors (Lipinski definition) is 1. The van der Waals surface area contributed by atoms with Crippen molar-refractivity contribution in [3.05, 3.63) is 0 Å². The maximum atomic E-state index is 6.09. The van der Waals surface area contributed by atoms with E-state index < -0.39 is 0 Å². The van der Waals surface area contributed by atoms with E-state index >= 15 is 0 Å². The van der Waals surface area contributed by atoms with E-state index in [1.165, 1.54) is 44.9 Å². The van der Waals surface area contributed by atoms with Crippen LogP contribution in [-0.2, 0) is 4.74 Å². The van der Waals surface area contributed by atoms with Crippen LogP contribution >= 0.6 is 0 Å². The van der Waals surface area contributed by atoms with Crippen LogP contribution in [0.2, 0.25) is 0 Å². The molecule has 0 bridgehead atoms. The minimum Gasteiger partial charge on any atom is -0.376 e. The highest BCUT2D eigenvalue weighted by molar-refractivity contribution is 4.84. The van der Waals surface area contributed by atoms with Crippen molar-refractivity contribution in [3.63, 3.8) is 0 Å². The summed E-state index contributed by atoms with van der Waals surface area (Å²) < 4.78 is 6.09. The van der Waals surface area contributed by atoms with Crippen LogP contribution in [0, 0.1) is 5.92 Å². The molecular formula is C13H25NO. The maximum absolute atomic E-state index is 6.09. The predicted molar refractivity (Wildman–Crippen MR) is 63.0 cm³/mol. The van der Waals surface area contributed by atoms with Gasteiger partial charge in [-0.2, -0.15) is 0 Å². The van der Waals surface area contributed by atoms with Crippen LogP contribution in [0.5, 0.6) is 0 Å². The van der Waals surface area contributed by atoms with Gasteiger partial charge in [-0.3, -0.25) is 0 Å². The molecule has 2 nitrogen and oxygen atoms in total. The SMILES string of the molecule is CCNC1CCCC1OCC1CCCC1. The molecule has 0 amide bonds. The summed E-state index contributed by atoms with van der Waals surface area (Å²) in [6.07, 6.45) is 10.1. The highest BCUT2D eigenvalue weighted by Gasteiger charge is 2.28. The summed E-state index contributed by atoms with van der Waals surface area (Å²) in [5, 5.41) is 3.54. The molecule has 0 saturated heterocycles. The summed E-state index contributed by atoms with van der Waals surface area (Å²) >= 11 is 0. The van der Waals surface area contributed by atoms with Gasteiger partial charge in [-0.15, -0.1) is 0 Å². The van der Waals surface area contributed by atoms with E-state index in [1.54, 1.807) is 0 Å². The smallest absolute Gasteiger partial charge is 0.0728 e. The Morgan fingerprint density at radius 1 is 1.07 bits per heavy atom. The van der Waals surface area contributed by atoms with Crippen molar-refractivity contribution in [2.24, 2.45) is 5.92 Å². The average molecular weight is 211 g/mol. The van der Waals surface area contributed by atoms with Gasteiger partial charge in [0.2, 0.25) is 0 Å². The molecule has 88 valence electrons. The summed E-state index contributed by atoms with van der Waals surface area (Å²) in [5.74, 6) is 0.868. The maximum Gasteiger partial charge on any atom is 0.0728 e. The zero-order valence-electron chi connectivity index (χ0n) is 10.0. The zero-order chi connectivity index (χ0) is 10.5. The summed E-state index contributed by atoms with van der Waals surface area (Å²) in [7, 11) is 0. The third-order valence-corrected chi connectivity index (χ3v) is 3.94. The van der Waals surface area contributed by atoms with Gasteiger partial charge in [-0.25, -0.2) is 0 Å². The predicted octanol–water partition coefficient (Wildman–Crippen LogP) is 2.72. The summed E-state index contributed by atoms with van der Waals surface area (Å²) in [6.45, 7) is 4.28. The molecule has 2 saturated carbocycles. The molecule has 2 atom stereocenters. The number of likely N-dealkylation sites (N-methyl/N-ethyl adjacent to an activating group) is 1. The van der Waals surface area contributed by atoms with Gasteiger partial charge in [-0.05, 0) is 44.6 Å². The Hall–Kier alpha value is -0.0800. The molecule has 0 aromatic carbocycles. The highest BCUT2D eigenvalue weighted by Crippen LogP contribution is 2.28. The van der Waals surface area contributed by atoms with Crippen LogP contribution in [0.25, 0.3) is 0 Å². The summed E-state index contributed by atoms with van der Waals surface area (Å²) in [5.41, 5.74) is 0. The fraction of sp³-hybridized carbons (Fsp3) is 1.00. The van der Waals surface area contributed by atoms with E-state index in [0.717, 1.165) is 19.1 Å². The van der Waals surface area contributed by atoms with E-state index in [2.05, 4.69) is 12.2 Å². The topological polar surface area (TPSA) is 21.3 Å². The molecule has 2 unspecified atom stereocenters. The molecule has 2 fully saturated rings. The second kappa shape index (κ2) is 5.86. The molecule has 2 rings (SSSR count). The lowest BCUT2D eigenvalue weighted by Crippen LogP contribution is -2.37. The Bertz CT molecular complexity index is 177. The van der Waals surface area contributed by atoms with E-state index in [9.17, 15) is 0 Å². The van der Waals surface area contributed by atoms with Gasteiger partial charge in [0.15, 0.2) is 0 Å². The average Bonchev–Trinajstić information content (AvgIpc) is 2.85. The molecule has 0 aromatic rings. The number of rotatable bonds is 5. The Morgan fingerprint density at radius 3 is 2.60 bits per heavy atom. The second-order valence-corrected chi connectivity index (χ2v) is 5.12. The second-order valence-electron chi connectivity index (χ2n) is 5.12. The molecule has 0 radical (unpaired) electrons. The monoisotopic (exact) mass is 211 g/mol. The van der Waals surface area contributed by atoms with E-state index in [4.69, 9.17) is 4.74 Å². The lowest BCUT2D eigenvalue weighted by atomic mass is 10.1. The fourth-order valence-electron chi connectivity index (χ4n) is 3.06. The van der Waals surface area contributed by atoms with Gasteiger partial charge in [-0.1, -0.05) is 19.8 Å². The summed E-state index contributed by atoms with van der Waals surface area (Å²) in [4.78, 5) is 0. The molecule has 2 heteroatoms. The minimum absolute atomic E-state index is 0.505. The number of hydrogen-bond acceptors (Lipinski definition) is 2. The first-order chi connectivity index (χ1) is 7.40. The van der Waals surface area contributed by atoms with Crippen molar-refractivity contribution in [2.45, 2.75) is 64.0 Å². The van der Waals surface area contributed by atoms with Crippen molar-refractivity contribution < 1.29 is 4.74 Å². The number of ether oxygens (including phenoxy) is 1. The van der Waals surface area contributed by atoms with Gasteiger partial charge in [0, 0.05) is 12.6 Å². The largest absolute Gasteiger partial charge is 0.376 e. The van der Waals surface area contributed by atoms with E-state index in [0.29, 0.717) is 12.1 Å². The minimum atomic E-state index is 0.505. The Labute approximate surface area is 93.8 Å². The first kappa shape index (κ1) is 11.4. The highest BCUT2D eigenvalue weighted by atomic mass is 16.5. The van der Waals surface area contributed by atoms with Crippen molar-refractivity contribution in [3.8, 4) is 0 Å².